The first-order chi connectivity index (χ1) is 12.3. The van der Waals surface area contributed by atoms with Crippen molar-refractivity contribution in [1.82, 2.24) is 0 Å². The summed E-state index contributed by atoms with van der Waals surface area (Å²) >= 11 is 0. The van der Waals surface area contributed by atoms with E-state index in [1.165, 1.54) is 13.8 Å². The molecule has 0 bridgehead atoms. The Morgan fingerprint density at radius 1 is 1.07 bits per heavy atom. The molecule has 0 unspecified atom stereocenters. The van der Waals surface area contributed by atoms with Gasteiger partial charge in [0.15, 0.2) is 5.78 Å². The topological polar surface area (TPSA) is 72.8 Å². The summed E-state index contributed by atoms with van der Waals surface area (Å²) < 4.78 is 11.0. The van der Waals surface area contributed by atoms with Crippen LogP contribution in [0.3, 0.4) is 0 Å². The number of Topliss-reactive ketones (excluding diaryl/α,β-unsaturated/α-hetero) is 1. The number of carbonyl (C=O) groups excluding carboxylic acids is 2. The van der Waals surface area contributed by atoms with Crippen molar-refractivity contribution in [2.45, 2.75) is 98.7 Å². The van der Waals surface area contributed by atoms with Crippen LogP contribution in [0.25, 0.3) is 0 Å². The van der Waals surface area contributed by atoms with Crippen LogP contribution >= 0.6 is 0 Å². The highest BCUT2D eigenvalue weighted by Gasteiger charge is 2.60. The smallest absolute Gasteiger partial charge is 0.309 e. The number of carbonyl (C=O) groups is 2. The predicted octanol–water partition coefficient (Wildman–Crippen LogP) is 4.30. The van der Waals surface area contributed by atoms with Gasteiger partial charge in [-0.1, -0.05) is 27.2 Å². The third-order valence-corrected chi connectivity index (χ3v) is 6.30. The molecule has 0 amide bonds. The van der Waals surface area contributed by atoms with Crippen LogP contribution in [0.1, 0.15) is 87.0 Å². The Labute approximate surface area is 165 Å². The number of ether oxygens (including phenoxy) is 2. The lowest BCUT2D eigenvalue weighted by molar-refractivity contribution is -0.158. The minimum atomic E-state index is -1.40. The summed E-state index contributed by atoms with van der Waals surface area (Å²) in [5, 5.41) is 10.2. The number of unbranched alkanes of at least 4 members (excludes halogenated alkanes) is 3. The zero-order valence-electron chi connectivity index (χ0n) is 18.4. The Hall–Kier alpha value is -0.940. The monoisotopic (exact) mass is 384 g/mol. The standard InChI is InChI=1S/C22H40O5/c1-16(2)26-14-10-8-9-11-15-27-18(23)17-12-13-22(7,20(17,3)4)19(24)21(5,6)25/h16-17,25H,8-15H2,1-7H3/t17-,22+/m1/s1. The van der Waals surface area contributed by atoms with Gasteiger partial charge in [0.2, 0.25) is 0 Å². The molecule has 0 aromatic rings. The molecule has 1 N–H and O–H groups in total. The second-order valence-electron chi connectivity index (χ2n) is 9.53. The van der Waals surface area contributed by atoms with Crippen LogP contribution < -0.4 is 0 Å². The molecule has 0 heterocycles. The average Bonchev–Trinajstić information content (AvgIpc) is 2.78. The number of aliphatic hydroxyl groups is 1. The molecule has 0 spiro atoms. The van der Waals surface area contributed by atoms with Gasteiger partial charge in [0.05, 0.1) is 18.6 Å². The van der Waals surface area contributed by atoms with Gasteiger partial charge in [0.25, 0.3) is 0 Å². The second kappa shape index (κ2) is 9.51. The molecule has 0 aliphatic heterocycles. The van der Waals surface area contributed by atoms with Gasteiger partial charge >= 0.3 is 5.97 Å². The Bertz CT molecular complexity index is 503. The highest BCUT2D eigenvalue weighted by Crippen LogP contribution is 2.57. The molecule has 1 fully saturated rings. The van der Waals surface area contributed by atoms with Crippen molar-refractivity contribution in [2.24, 2.45) is 16.7 Å². The molecule has 27 heavy (non-hydrogen) atoms. The van der Waals surface area contributed by atoms with Crippen LogP contribution in [0.2, 0.25) is 0 Å². The molecule has 1 saturated carbocycles. The molecular formula is C22H40O5. The predicted molar refractivity (Wildman–Crippen MR) is 106 cm³/mol. The first kappa shape index (κ1) is 24.1. The van der Waals surface area contributed by atoms with Gasteiger partial charge in [-0.15, -0.1) is 0 Å². The van der Waals surface area contributed by atoms with Crippen molar-refractivity contribution in [3.8, 4) is 0 Å². The van der Waals surface area contributed by atoms with Crippen molar-refractivity contribution >= 4 is 11.8 Å². The molecule has 1 aliphatic rings. The summed E-state index contributed by atoms with van der Waals surface area (Å²) in [5.74, 6) is -0.720. The molecule has 2 atom stereocenters. The van der Waals surface area contributed by atoms with Gasteiger partial charge < -0.3 is 14.6 Å². The SMILES string of the molecule is CC(C)OCCCCCCOC(=O)[C@H]1CC[C@@](C)(C(=O)C(C)(C)O)C1(C)C. The maximum atomic E-state index is 12.8. The van der Waals surface area contributed by atoms with Gasteiger partial charge in [0.1, 0.15) is 5.60 Å². The van der Waals surface area contributed by atoms with E-state index in [4.69, 9.17) is 9.47 Å². The van der Waals surface area contributed by atoms with Gasteiger partial charge in [-0.25, -0.2) is 0 Å². The van der Waals surface area contributed by atoms with Gasteiger partial charge in [-0.05, 0) is 65.2 Å². The molecule has 5 heteroatoms. The van der Waals surface area contributed by atoms with Gasteiger partial charge in [-0.3, -0.25) is 9.59 Å². The Morgan fingerprint density at radius 3 is 2.15 bits per heavy atom. The average molecular weight is 385 g/mol. The molecule has 1 rings (SSSR count). The van der Waals surface area contributed by atoms with Crippen LogP contribution in [-0.4, -0.2) is 41.8 Å². The highest BCUT2D eigenvalue weighted by atomic mass is 16.5. The second-order valence-corrected chi connectivity index (χ2v) is 9.53. The number of hydrogen-bond acceptors (Lipinski definition) is 5. The summed E-state index contributed by atoms with van der Waals surface area (Å²) in [6.07, 6.45) is 5.44. The van der Waals surface area contributed by atoms with Crippen molar-refractivity contribution in [2.75, 3.05) is 13.2 Å². The van der Waals surface area contributed by atoms with Crippen LogP contribution in [0.15, 0.2) is 0 Å². The Morgan fingerprint density at radius 2 is 1.63 bits per heavy atom. The Kier molecular flexibility index (Phi) is 8.49. The minimum Gasteiger partial charge on any atom is -0.465 e. The lowest BCUT2D eigenvalue weighted by Gasteiger charge is -2.42. The third kappa shape index (κ3) is 6.02. The maximum absolute atomic E-state index is 12.8. The van der Waals surface area contributed by atoms with Crippen LogP contribution in [0.5, 0.6) is 0 Å². The molecule has 0 aromatic carbocycles. The molecule has 158 valence electrons. The van der Waals surface area contributed by atoms with E-state index in [9.17, 15) is 14.7 Å². The fourth-order valence-electron chi connectivity index (χ4n) is 4.14. The fraction of sp³-hybridized carbons (Fsp3) is 0.909. The lowest BCUT2D eigenvalue weighted by atomic mass is 9.61. The van der Waals surface area contributed by atoms with Crippen LogP contribution in [-0.2, 0) is 19.1 Å². The number of esters is 1. The van der Waals surface area contributed by atoms with E-state index in [0.29, 0.717) is 19.4 Å². The van der Waals surface area contributed by atoms with Crippen LogP contribution in [0, 0.1) is 16.7 Å². The fourth-order valence-corrected chi connectivity index (χ4v) is 4.14. The van der Waals surface area contributed by atoms with Crippen molar-refractivity contribution in [3.63, 3.8) is 0 Å². The zero-order chi connectivity index (χ0) is 20.9. The third-order valence-electron chi connectivity index (χ3n) is 6.30. The van der Waals surface area contributed by atoms with Crippen molar-refractivity contribution in [3.05, 3.63) is 0 Å². The van der Waals surface area contributed by atoms with Crippen LogP contribution in [0.4, 0.5) is 0 Å². The van der Waals surface area contributed by atoms with E-state index in [-0.39, 0.29) is 23.8 Å². The highest BCUT2D eigenvalue weighted by molar-refractivity contribution is 5.93. The number of hydrogen-bond donors (Lipinski definition) is 1. The van der Waals surface area contributed by atoms with Gasteiger partial charge in [-0.2, -0.15) is 0 Å². The summed E-state index contributed by atoms with van der Waals surface area (Å²) in [7, 11) is 0. The summed E-state index contributed by atoms with van der Waals surface area (Å²) in [5.41, 5.74) is -2.68. The number of ketones is 1. The lowest BCUT2D eigenvalue weighted by Crippen LogP contribution is -2.50. The first-order valence-electron chi connectivity index (χ1n) is 10.4. The summed E-state index contributed by atoms with van der Waals surface area (Å²) in [6, 6.07) is 0. The molecular weight excluding hydrogens is 344 g/mol. The van der Waals surface area contributed by atoms with Gasteiger partial charge in [0, 0.05) is 12.0 Å². The van der Waals surface area contributed by atoms with E-state index in [1.807, 2.05) is 34.6 Å². The van der Waals surface area contributed by atoms with E-state index >= 15 is 0 Å². The largest absolute Gasteiger partial charge is 0.465 e. The molecule has 1 aliphatic carbocycles. The first-order valence-corrected chi connectivity index (χ1v) is 10.4. The maximum Gasteiger partial charge on any atom is 0.309 e. The normalized spacial score (nSPS) is 25.0. The molecule has 5 nitrogen and oxygen atoms in total. The summed E-state index contributed by atoms with van der Waals surface area (Å²) in [6.45, 7) is 14.1. The van der Waals surface area contributed by atoms with E-state index < -0.39 is 16.4 Å². The zero-order valence-corrected chi connectivity index (χ0v) is 18.4. The molecule has 0 aromatic heterocycles. The van der Waals surface area contributed by atoms with E-state index in [2.05, 4.69) is 0 Å². The van der Waals surface area contributed by atoms with E-state index in [1.54, 1.807) is 0 Å². The quantitative estimate of drug-likeness (QED) is 0.425. The van der Waals surface area contributed by atoms with Crippen molar-refractivity contribution < 1.29 is 24.2 Å². The minimum absolute atomic E-state index is 0.195. The Balaban J connectivity index is 2.45. The molecule has 0 radical (unpaired) electrons. The number of rotatable bonds is 11. The van der Waals surface area contributed by atoms with Crippen molar-refractivity contribution in [1.29, 1.82) is 0 Å². The molecule has 0 saturated heterocycles. The summed E-state index contributed by atoms with van der Waals surface area (Å²) in [4.78, 5) is 25.4. The van der Waals surface area contributed by atoms with E-state index in [0.717, 1.165) is 32.3 Å².